The molecule has 5 heteroatoms. The van der Waals surface area contributed by atoms with Gasteiger partial charge in [-0.15, -0.1) is 0 Å². The number of carbonyl (C=O) groups is 1. The van der Waals surface area contributed by atoms with Crippen molar-refractivity contribution in [2.75, 3.05) is 65.6 Å². The van der Waals surface area contributed by atoms with Gasteiger partial charge in [-0.3, -0.25) is 14.6 Å². The van der Waals surface area contributed by atoms with Crippen LogP contribution in [0.15, 0.2) is 0 Å². The molecule has 2 aliphatic heterocycles. The minimum absolute atomic E-state index is 0.305. The molecule has 126 valence electrons. The van der Waals surface area contributed by atoms with Gasteiger partial charge in [0.2, 0.25) is 5.91 Å². The standard InChI is InChI=1S/C17H31N3O2/c21-17(15-19-10-12-22-13-11-19)20-8-6-18(7-9-20)14-16-4-2-1-3-5-16/h16H,1-15H2. The molecule has 0 atom stereocenters. The molecule has 0 aromatic carbocycles. The molecule has 0 bridgehead atoms. The monoisotopic (exact) mass is 309 g/mol. The summed E-state index contributed by atoms with van der Waals surface area (Å²) in [5, 5.41) is 0. The quantitative estimate of drug-likeness (QED) is 0.777. The molecule has 0 unspecified atom stereocenters. The van der Waals surface area contributed by atoms with Crippen LogP contribution in [0, 0.1) is 5.92 Å². The van der Waals surface area contributed by atoms with Crippen LogP contribution in [0.1, 0.15) is 32.1 Å². The Labute approximate surface area is 134 Å². The van der Waals surface area contributed by atoms with E-state index in [1.807, 2.05) is 0 Å². The van der Waals surface area contributed by atoms with Gasteiger partial charge in [-0.05, 0) is 18.8 Å². The summed E-state index contributed by atoms with van der Waals surface area (Å²) in [4.78, 5) is 19.3. The molecule has 0 spiro atoms. The van der Waals surface area contributed by atoms with Crippen molar-refractivity contribution in [1.82, 2.24) is 14.7 Å². The van der Waals surface area contributed by atoms with E-state index in [1.165, 1.54) is 38.6 Å². The first-order valence-corrected chi connectivity index (χ1v) is 9.11. The van der Waals surface area contributed by atoms with E-state index in [0.29, 0.717) is 12.5 Å². The molecule has 1 aliphatic carbocycles. The van der Waals surface area contributed by atoms with Crippen molar-refractivity contribution in [2.24, 2.45) is 5.92 Å². The highest BCUT2D eigenvalue weighted by atomic mass is 16.5. The predicted octanol–water partition coefficient (Wildman–Crippen LogP) is 1.04. The largest absolute Gasteiger partial charge is 0.379 e. The number of ether oxygens (including phenoxy) is 1. The molecule has 2 heterocycles. The summed E-state index contributed by atoms with van der Waals surface area (Å²) < 4.78 is 5.34. The predicted molar refractivity (Wildman–Crippen MR) is 86.9 cm³/mol. The summed E-state index contributed by atoms with van der Waals surface area (Å²) in [6.45, 7) is 9.10. The molecule has 0 radical (unpaired) electrons. The number of hydrogen-bond donors (Lipinski definition) is 0. The van der Waals surface area contributed by atoms with E-state index in [1.54, 1.807) is 0 Å². The van der Waals surface area contributed by atoms with E-state index < -0.39 is 0 Å². The summed E-state index contributed by atoms with van der Waals surface area (Å²) in [6.07, 6.45) is 7.10. The van der Waals surface area contributed by atoms with E-state index in [2.05, 4.69) is 14.7 Å². The molecule has 3 fully saturated rings. The Morgan fingerprint density at radius 1 is 0.864 bits per heavy atom. The highest BCUT2D eigenvalue weighted by Crippen LogP contribution is 2.24. The lowest BCUT2D eigenvalue weighted by molar-refractivity contribution is -0.135. The third kappa shape index (κ3) is 4.67. The van der Waals surface area contributed by atoms with Crippen LogP contribution in [-0.4, -0.2) is 86.2 Å². The van der Waals surface area contributed by atoms with Gasteiger partial charge in [0.15, 0.2) is 0 Å². The van der Waals surface area contributed by atoms with Gasteiger partial charge >= 0.3 is 0 Å². The average molecular weight is 309 g/mol. The minimum Gasteiger partial charge on any atom is -0.379 e. The molecule has 0 aromatic heterocycles. The van der Waals surface area contributed by atoms with E-state index >= 15 is 0 Å². The van der Waals surface area contributed by atoms with Crippen molar-refractivity contribution >= 4 is 5.91 Å². The molecule has 2 saturated heterocycles. The second-order valence-electron chi connectivity index (χ2n) is 7.07. The maximum atomic E-state index is 12.4. The van der Waals surface area contributed by atoms with E-state index in [0.717, 1.165) is 58.4 Å². The fraction of sp³-hybridized carbons (Fsp3) is 0.941. The first-order valence-electron chi connectivity index (χ1n) is 9.11. The SMILES string of the molecule is O=C(CN1CCOCC1)N1CCN(CC2CCCCC2)CC1. The number of nitrogens with zero attached hydrogens (tertiary/aromatic N) is 3. The Balaban J connectivity index is 1.36. The van der Waals surface area contributed by atoms with Gasteiger partial charge in [0.25, 0.3) is 0 Å². The topological polar surface area (TPSA) is 36.0 Å². The lowest BCUT2D eigenvalue weighted by Gasteiger charge is -2.38. The van der Waals surface area contributed by atoms with Gasteiger partial charge < -0.3 is 9.64 Å². The zero-order valence-corrected chi connectivity index (χ0v) is 13.8. The Kier molecular flexibility index (Phi) is 6.10. The van der Waals surface area contributed by atoms with Crippen LogP contribution in [0.5, 0.6) is 0 Å². The fourth-order valence-corrected chi connectivity index (χ4v) is 3.97. The van der Waals surface area contributed by atoms with Crippen molar-refractivity contribution in [2.45, 2.75) is 32.1 Å². The van der Waals surface area contributed by atoms with Crippen LogP contribution in [0.2, 0.25) is 0 Å². The van der Waals surface area contributed by atoms with Crippen molar-refractivity contribution in [3.63, 3.8) is 0 Å². The minimum atomic E-state index is 0.305. The number of hydrogen-bond acceptors (Lipinski definition) is 4. The normalized spacial score (nSPS) is 26.3. The Hall–Kier alpha value is -0.650. The van der Waals surface area contributed by atoms with Crippen molar-refractivity contribution in [3.05, 3.63) is 0 Å². The molecule has 1 amide bonds. The number of piperazine rings is 1. The van der Waals surface area contributed by atoms with Crippen LogP contribution in [0.4, 0.5) is 0 Å². The van der Waals surface area contributed by atoms with Gasteiger partial charge in [-0.1, -0.05) is 19.3 Å². The van der Waals surface area contributed by atoms with Gasteiger partial charge in [-0.2, -0.15) is 0 Å². The van der Waals surface area contributed by atoms with Crippen molar-refractivity contribution in [1.29, 1.82) is 0 Å². The smallest absolute Gasteiger partial charge is 0.236 e. The molecule has 3 aliphatic rings. The second-order valence-corrected chi connectivity index (χ2v) is 7.07. The van der Waals surface area contributed by atoms with Crippen LogP contribution in [0.25, 0.3) is 0 Å². The van der Waals surface area contributed by atoms with Crippen molar-refractivity contribution < 1.29 is 9.53 Å². The molecule has 1 saturated carbocycles. The summed E-state index contributed by atoms with van der Waals surface area (Å²) in [5.74, 6) is 1.21. The van der Waals surface area contributed by atoms with E-state index in [9.17, 15) is 4.79 Å². The van der Waals surface area contributed by atoms with Gasteiger partial charge in [0.1, 0.15) is 0 Å². The van der Waals surface area contributed by atoms with Crippen LogP contribution in [-0.2, 0) is 9.53 Å². The third-order valence-corrected chi connectivity index (χ3v) is 5.43. The maximum absolute atomic E-state index is 12.4. The van der Waals surface area contributed by atoms with Gasteiger partial charge in [0.05, 0.1) is 19.8 Å². The van der Waals surface area contributed by atoms with E-state index in [-0.39, 0.29) is 0 Å². The molecule has 0 aromatic rings. The molecule has 5 nitrogen and oxygen atoms in total. The molecular formula is C17H31N3O2. The maximum Gasteiger partial charge on any atom is 0.236 e. The number of carbonyl (C=O) groups excluding carboxylic acids is 1. The lowest BCUT2D eigenvalue weighted by atomic mass is 9.89. The Morgan fingerprint density at radius 2 is 1.55 bits per heavy atom. The summed E-state index contributed by atoms with van der Waals surface area (Å²) >= 11 is 0. The van der Waals surface area contributed by atoms with Crippen molar-refractivity contribution in [3.8, 4) is 0 Å². The highest BCUT2D eigenvalue weighted by molar-refractivity contribution is 5.78. The molecule has 22 heavy (non-hydrogen) atoms. The molecule has 3 rings (SSSR count). The first-order chi connectivity index (χ1) is 10.8. The summed E-state index contributed by atoms with van der Waals surface area (Å²) in [7, 11) is 0. The summed E-state index contributed by atoms with van der Waals surface area (Å²) in [5.41, 5.74) is 0. The zero-order chi connectivity index (χ0) is 15.2. The first kappa shape index (κ1) is 16.2. The highest BCUT2D eigenvalue weighted by Gasteiger charge is 2.25. The second kappa shape index (κ2) is 8.27. The van der Waals surface area contributed by atoms with Crippen LogP contribution in [0.3, 0.4) is 0 Å². The lowest BCUT2D eigenvalue weighted by Crippen LogP contribution is -2.52. The number of amides is 1. The van der Waals surface area contributed by atoms with Crippen LogP contribution < -0.4 is 0 Å². The Bertz CT molecular complexity index is 344. The fourth-order valence-electron chi connectivity index (χ4n) is 3.97. The summed E-state index contributed by atoms with van der Waals surface area (Å²) in [6, 6.07) is 0. The van der Waals surface area contributed by atoms with E-state index in [4.69, 9.17) is 4.74 Å². The van der Waals surface area contributed by atoms with Gasteiger partial charge in [0, 0.05) is 45.8 Å². The average Bonchev–Trinajstić information content (AvgIpc) is 2.57. The zero-order valence-electron chi connectivity index (χ0n) is 13.8. The molecule has 0 N–H and O–H groups in total. The molecular weight excluding hydrogens is 278 g/mol. The number of rotatable bonds is 4. The van der Waals surface area contributed by atoms with Gasteiger partial charge in [-0.25, -0.2) is 0 Å². The third-order valence-electron chi connectivity index (χ3n) is 5.43. The Morgan fingerprint density at radius 3 is 2.23 bits per heavy atom. The van der Waals surface area contributed by atoms with Crippen LogP contribution >= 0.6 is 0 Å². The number of morpholine rings is 1.